The van der Waals surface area contributed by atoms with Crippen LogP contribution in [-0.2, 0) is 6.54 Å². The van der Waals surface area contributed by atoms with Gasteiger partial charge in [0.15, 0.2) is 5.84 Å². The summed E-state index contributed by atoms with van der Waals surface area (Å²) in [5, 5.41) is 15.2. The van der Waals surface area contributed by atoms with E-state index in [-0.39, 0.29) is 11.9 Å². The Kier molecular flexibility index (Phi) is 4.68. The van der Waals surface area contributed by atoms with Crippen LogP contribution >= 0.6 is 0 Å². The Morgan fingerprint density at radius 2 is 2.05 bits per heavy atom. The van der Waals surface area contributed by atoms with Crippen LogP contribution in [0.3, 0.4) is 0 Å². The van der Waals surface area contributed by atoms with Gasteiger partial charge in [-0.15, -0.1) is 0 Å². The molecular formula is C15H18N4O. The van der Waals surface area contributed by atoms with Gasteiger partial charge in [0.1, 0.15) is 5.69 Å². The Hall–Kier alpha value is -2.40. The lowest BCUT2D eigenvalue weighted by Crippen LogP contribution is -2.23. The van der Waals surface area contributed by atoms with Crippen molar-refractivity contribution in [1.29, 1.82) is 0 Å². The van der Waals surface area contributed by atoms with E-state index in [1.165, 1.54) is 5.56 Å². The number of hydrogen-bond donors (Lipinski definition) is 3. The first-order valence-electron chi connectivity index (χ1n) is 6.42. The summed E-state index contributed by atoms with van der Waals surface area (Å²) in [5.74, 6) is 0.0229. The van der Waals surface area contributed by atoms with Gasteiger partial charge in [-0.25, -0.2) is 0 Å². The molecule has 104 valence electrons. The second-order valence-electron chi connectivity index (χ2n) is 4.51. The highest BCUT2D eigenvalue weighted by Gasteiger charge is 2.10. The first-order chi connectivity index (χ1) is 9.72. The third-order valence-corrected chi connectivity index (χ3v) is 3.14. The molecule has 1 heterocycles. The van der Waals surface area contributed by atoms with Crippen LogP contribution in [0.4, 0.5) is 0 Å². The minimum atomic E-state index is 0.0229. The van der Waals surface area contributed by atoms with E-state index >= 15 is 0 Å². The molecule has 1 aromatic carbocycles. The van der Waals surface area contributed by atoms with Crippen LogP contribution in [0.2, 0.25) is 0 Å². The molecule has 5 heteroatoms. The van der Waals surface area contributed by atoms with Gasteiger partial charge in [0.25, 0.3) is 0 Å². The first kappa shape index (κ1) is 14.0. The SMILES string of the molecule is C[C@@H](NCc1cccnc1C(N)=NO)c1ccccc1. The molecule has 5 nitrogen and oxygen atoms in total. The van der Waals surface area contributed by atoms with Gasteiger partial charge in [0.05, 0.1) is 0 Å². The second kappa shape index (κ2) is 6.68. The molecule has 0 fully saturated rings. The zero-order valence-electron chi connectivity index (χ0n) is 11.3. The van der Waals surface area contributed by atoms with Gasteiger partial charge in [-0.1, -0.05) is 41.6 Å². The van der Waals surface area contributed by atoms with Crippen LogP contribution in [0.5, 0.6) is 0 Å². The Balaban J connectivity index is 2.08. The number of nitrogens with one attached hydrogen (secondary N) is 1. The van der Waals surface area contributed by atoms with Crippen LogP contribution in [0.15, 0.2) is 53.8 Å². The van der Waals surface area contributed by atoms with E-state index in [0.29, 0.717) is 12.2 Å². The summed E-state index contributed by atoms with van der Waals surface area (Å²) in [6.45, 7) is 2.68. The van der Waals surface area contributed by atoms with Gasteiger partial charge < -0.3 is 16.3 Å². The number of nitrogens with two attached hydrogens (primary N) is 1. The van der Waals surface area contributed by atoms with Gasteiger partial charge in [-0.2, -0.15) is 0 Å². The molecule has 0 aliphatic carbocycles. The molecule has 1 atom stereocenters. The fraction of sp³-hybridized carbons (Fsp3) is 0.200. The number of rotatable bonds is 5. The molecular weight excluding hydrogens is 252 g/mol. The van der Waals surface area contributed by atoms with Gasteiger partial charge in [0.2, 0.25) is 0 Å². The normalized spacial score (nSPS) is 13.2. The molecule has 0 saturated heterocycles. The molecule has 0 aliphatic heterocycles. The van der Waals surface area contributed by atoms with Crippen molar-refractivity contribution in [1.82, 2.24) is 10.3 Å². The average Bonchev–Trinajstić information content (AvgIpc) is 2.53. The van der Waals surface area contributed by atoms with Crippen LogP contribution in [0.1, 0.15) is 29.8 Å². The number of oxime groups is 1. The van der Waals surface area contributed by atoms with Crippen molar-refractivity contribution in [2.24, 2.45) is 10.9 Å². The largest absolute Gasteiger partial charge is 0.409 e. The van der Waals surface area contributed by atoms with Gasteiger partial charge in [-0.05, 0) is 24.1 Å². The molecule has 0 radical (unpaired) electrons. The molecule has 0 amide bonds. The third kappa shape index (κ3) is 3.33. The van der Waals surface area contributed by atoms with E-state index in [2.05, 4.69) is 34.5 Å². The lowest BCUT2D eigenvalue weighted by atomic mass is 10.1. The zero-order valence-corrected chi connectivity index (χ0v) is 11.3. The molecule has 2 aromatic rings. The van der Waals surface area contributed by atoms with E-state index in [0.717, 1.165) is 5.56 Å². The van der Waals surface area contributed by atoms with Crippen LogP contribution in [0.25, 0.3) is 0 Å². The molecule has 0 aliphatic rings. The van der Waals surface area contributed by atoms with Crippen molar-refractivity contribution in [3.8, 4) is 0 Å². The topological polar surface area (TPSA) is 83.5 Å². The Labute approximate surface area is 118 Å². The number of benzene rings is 1. The molecule has 2 rings (SSSR count). The molecule has 0 bridgehead atoms. The fourth-order valence-corrected chi connectivity index (χ4v) is 1.98. The van der Waals surface area contributed by atoms with E-state index in [1.54, 1.807) is 6.20 Å². The summed E-state index contributed by atoms with van der Waals surface area (Å²) in [7, 11) is 0. The van der Waals surface area contributed by atoms with Gasteiger partial charge in [0, 0.05) is 18.8 Å². The Bertz CT molecular complexity index is 583. The minimum Gasteiger partial charge on any atom is -0.409 e. The van der Waals surface area contributed by atoms with Gasteiger partial charge in [-0.3, -0.25) is 4.98 Å². The first-order valence-corrected chi connectivity index (χ1v) is 6.42. The third-order valence-electron chi connectivity index (χ3n) is 3.14. The van der Waals surface area contributed by atoms with Crippen molar-refractivity contribution in [3.05, 3.63) is 65.5 Å². The lowest BCUT2D eigenvalue weighted by Gasteiger charge is -2.15. The summed E-state index contributed by atoms with van der Waals surface area (Å²) in [6.07, 6.45) is 1.62. The zero-order chi connectivity index (χ0) is 14.4. The number of pyridine rings is 1. The number of aromatic nitrogens is 1. The Morgan fingerprint density at radius 3 is 2.75 bits per heavy atom. The predicted molar refractivity (Wildman–Crippen MR) is 78.4 cm³/mol. The lowest BCUT2D eigenvalue weighted by molar-refractivity contribution is 0.318. The average molecular weight is 270 g/mol. The maximum absolute atomic E-state index is 8.77. The van der Waals surface area contributed by atoms with E-state index in [1.807, 2.05) is 30.3 Å². The summed E-state index contributed by atoms with van der Waals surface area (Å²) in [4.78, 5) is 4.14. The minimum absolute atomic E-state index is 0.0229. The van der Waals surface area contributed by atoms with Crippen molar-refractivity contribution in [3.63, 3.8) is 0 Å². The fourth-order valence-electron chi connectivity index (χ4n) is 1.98. The molecule has 4 N–H and O–H groups in total. The van der Waals surface area contributed by atoms with E-state index < -0.39 is 0 Å². The highest BCUT2D eigenvalue weighted by atomic mass is 16.4. The quantitative estimate of drug-likeness (QED) is 0.336. The van der Waals surface area contributed by atoms with Crippen molar-refractivity contribution in [2.75, 3.05) is 0 Å². The number of nitrogens with zero attached hydrogens (tertiary/aromatic N) is 2. The predicted octanol–water partition coefficient (Wildman–Crippen LogP) is 2.03. The molecule has 1 aromatic heterocycles. The Morgan fingerprint density at radius 1 is 1.30 bits per heavy atom. The van der Waals surface area contributed by atoms with Crippen LogP contribution in [-0.4, -0.2) is 16.0 Å². The molecule has 0 spiro atoms. The highest BCUT2D eigenvalue weighted by molar-refractivity contribution is 5.96. The summed E-state index contributed by atoms with van der Waals surface area (Å²) in [5.41, 5.74) is 8.23. The van der Waals surface area contributed by atoms with Crippen LogP contribution in [0, 0.1) is 0 Å². The summed E-state index contributed by atoms with van der Waals surface area (Å²) >= 11 is 0. The van der Waals surface area contributed by atoms with Crippen molar-refractivity contribution >= 4 is 5.84 Å². The van der Waals surface area contributed by atoms with Gasteiger partial charge >= 0.3 is 0 Å². The number of hydrogen-bond acceptors (Lipinski definition) is 4. The van der Waals surface area contributed by atoms with Crippen molar-refractivity contribution < 1.29 is 5.21 Å². The van der Waals surface area contributed by atoms with Crippen molar-refractivity contribution in [2.45, 2.75) is 19.5 Å². The summed E-state index contributed by atoms with van der Waals surface area (Å²) in [6, 6.07) is 14.1. The smallest absolute Gasteiger partial charge is 0.189 e. The maximum Gasteiger partial charge on any atom is 0.189 e. The molecule has 20 heavy (non-hydrogen) atoms. The molecule has 0 unspecified atom stereocenters. The summed E-state index contributed by atoms with van der Waals surface area (Å²) < 4.78 is 0. The molecule has 0 saturated carbocycles. The number of amidine groups is 1. The standard InChI is InChI=1S/C15H18N4O/c1-11(12-6-3-2-4-7-12)18-10-13-8-5-9-17-14(13)15(16)19-20/h2-9,11,18,20H,10H2,1H3,(H2,16,19)/t11-/m1/s1. The maximum atomic E-state index is 8.77. The highest BCUT2D eigenvalue weighted by Crippen LogP contribution is 2.13. The second-order valence-corrected chi connectivity index (χ2v) is 4.51. The van der Waals surface area contributed by atoms with Crippen LogP contribution < -0.4 is 11.1 Å². The van der Waals surface area contributed by atoms with E-state index in [9.17, 15) is 0 Å². The monoisotopic (exact) mass is 270 g/mol. The van der Waals surface area contributed by atoms with E-state index in [4.69, 9.17) is 10.9 Å².